The lowest BCUT2D eigenvalue weighted by atomic mass is 10.1. The van der Waals surface area contributed by atoms with Crippen molar-refractivity contribution in [1.82, 2.24) is 15.6 Å². The van der Waals surface area contributed by atoms with E-state index < -0.39 is 15.9 Å². The number of carbonyl (C=O) groups excluding carboxylic acids is 2. The van der Waals surface area contributed by atoms with Crippen molar-refractivity contribution in [3.8, 4) is 5.75 Å². The molecule has 10 heteroatoms. The van der Waals surface area contributed by atoms with Crippen LogP contribution in [0.1, 0.15) is 26.3 Å². The number of anilines is 1. The SMILES string of the molecule is COc1ccc(NS(=O)(=O)c2ccc(C)c(C(=O)NCCNC(=O)c3cccnc3)c2)cc1. The zero-order valence-corrected chi connectivity index (χ0v) is 19.0. The molecule has 33 heavy (non-hydrogen) atoms. The molecule has 3 aromatic rings. The Morgan fingerprint density at radius 2 is 1.67 bits per heavy atom. The summed E-state index contributed by atoms with van der Waals surface area (Å²) in [6, 6.07) is 14.1. The van der Waals surface area contributed by atoms with E-state index in [1.54, 1.807) is 55.6 Å². The van der Waals surface area contributed by atoms with Crippen molar-refractivity contribution in [2.75, 3.05) is 24.9 Å². The Bertz CT molecular complexity index is 1230. The summed E-state index contributed by atoms with van der Waals surface area (Å²) in [5.41, 5.74) is 1.63. The number of methoxy groups -OCH3 is 1. The summed E-state index contributed by atoms with van der Waals surface area (Å²) >= 11 is 0. The maximum absolute atomic E-state index is 12.8. The molecule has 0 aliphatic rings. The molecule has 0 aliphatic carbocycles. The number of hydrogen-bond donors (Lipinski definition) is 3. The molecule has 1 heterocycles. The minimum Gasteiger partial charge on any atom is -0.497 e. The summed E-state index contributed by atoms with van der Waals surface area (Å²) in [4.78, 5) is 28.5. The van der Waals surface area contributed by atoms with Gasteiger partial charge in [-0.05, 0) is 61.0 Å². The summed E-state index contributed by atoms with van der Waals surface area (Å²) in [5.74, 6) is -0.139. The first kappa shape index (κ1) is 23.7. The molecule has 0 radical (unpaired) electrons. The molecule has 172 valence electrons. The van der Waals surface area contributed by atoms with E-state index >= 15 is 0 Å². The van der Waals surface area contributed by atoms with E-state index in [0.29, 0.717) is 22.6 Å². The van der Waals surface area contributed by atoms with E-state index in [-0.39, 0.29) is 29.5 Å². The van der Waals surface area contributed by atoms with Gasteiger partial charge in [0.25, 0.3) is 21.8 Å². The second-order valence-corrected chi connectivity index (χ2v) is 8.75. The van der Waals surface area contributed by atoms with Crippen molar-refractivity contribution in [3.05, 3.63) is 83.7 Å². The van der Waals surface area contributed by atoms with Crippen molar-refractivity contribution in [3.63, 3.8) is 0 Å². The van der Waals surface area contributed by atoms with E-state index in [9.17, 15) is 18.0 Å². The number of rotatable bonds is 9. The van der Waals surface area contributed by atoms with Crippen LogP contribution in [0.4, 0.5) is 5.69 Å². The van der Waals surface area contributed by atoms with Crippen LogP contribution in [0, 0.1) is 6.92 Å². The van der Waals surface area contributed by atoms with Crippen LogP contribution in [-0.4, -0.2) is 45.4 Å². The Labute approximate surface area is 192 Å². The standard InChI is InChI=1S/C23H24N4O5S/c1-16-5-10-20(33(30,31)27-18-6-8-19(32-2)9-7-18)14-21(16)23(29)26-13-12-25-22(28)17-4-3-11-24-15-17/h3-11,14-15,27H,12-13H2,1-2H3,(H,25,28)(H,26,29). The van der Waals surface area contributed by atoms with Gasteiger partial charge in [-0.25, -0.2) is 8.42 Å². The minimum atomic E-state index is -3.91. The van der Waals surface area contributed by atoms with Crippen LogP contribution in [0.2, 0.25) is 0 Å². The predicted molar refractivity (Wildman–Crippen MR) is 124 cm³/mol. The second kappa shape index (κ2) is 10.6. The molecule has 0 aliphatic heterocycles. The summed E-state index contributed by atoms with van der Waals surface area (Å²) in [6.07, 6.45) is 3.02. The fourth-order valence-corrected chi connectivity index (χ4v) is 4.02. The lowest BCUT2D eigenvalue weighted by Crippen LogP contribution is -2.35. The zero-order valence-electron chi connectivity index (χ0n) is 18.2. The number of hydrogen-bond acceptors (Lipinski definition) is 6. The Morgan fingerprint density at radius 3 is 2.30 bits per heavy atom. The van der Waals surface area contributed by atoms with Gasteiger partial charge in [-0.3, -0.25) is 19.3 Å². The van der Waals surface area contributed by atoms with Crippen LogP contribution < -0.4 is 20.1 Å². The van der Waals surface area contributed by atoms with E-state index in [1.165, 1.54) is 25.4 Å². The van der Waals surface area contributed by atoms with Gasteiger partial charge < -0.3 is 15.4 Å². The second-order valence-electron chi connectivity index (χ2n) is 7.06. The summed E-state index contributed by atoms with van der Waals surface area (Å²) in [7, 11) is -2.39. The van der Waals surface area contributed by atoms with Gasteiger partial charge in [0.1, 0.15) is 5.75 Å². The molecule has 1 aromatic heterocycles. The summed E-state index contributed by atoms with van der Waals surface area (Å²) in [5, 5.41) is 5.37. The molecule has 0 saturated heterocycles. The summed E-state index contributed by atoms with van der Waals surface area (Å²) in [6.45, 7) is 2.09. The maximum atomic E-state index is 12.8. The number of benzene rings is 2. The van der Waals surface area contributed by atoms with Crippen molar-refractivity contribution in [2.24, 2.45) is 0 Å². The highest BCUT2D eigenvalue weighted by Gasteiger charge is 2.18. The fraction of sp³-hybridized carbons (Fsp3) is 0.174. The van der Waals surface area contributed by atoms with Crippen LogP contribution in [-0.2, 0) is 10.0 Å². The number of ether oxygens (including phenoxy) is 1. The Morgan fingerprint density at radius 1 is 0.970 bits per heavy atom. The topological polar surface area (TPSA) is 126 Å². The van der Waals surface area contributed by atoms with Gasteiger partial charge in [0.2, 0.25) is 0 Å². The monoisotopic (exact) mass is 468 g/mol. The Balaban J connectivity index is 1.62. The first-order valence-electron chi connectivity index (χ1n) is 10.0. The summed E-state index contributed by atoms with van der Waals surface area (Å²) < 4.78 is 33.1. The smallest absolute Gasteiger partial charge is 0.261 e. The molecule has 0 bridgehead atoms. The zero-order chi connectivity index (χ0) is 23.8. The number of sulfonamides is 1. The number of pyridine rings is 1. The number of aromatic nitrogens is 1. The highest BCUT2D eigenvalue weighted by Crippen LogP contribution is 2.21. The normalized spacial score (nSPS) is 10.8. The molecular weight excluding hydrogens is 444 g/mol. The lowest BCUT2D eigenvalue weighted by Gasteiger charge is -2.12. The van der Waals surface area contributed by atoms with E-state index in [4.69, 9.17) is 4.74 Å². The molecule has 2 amide bonds. The van der Waals surface area contributed by atoms with Crippen LogP contribution >= 0.6 is 0 Å². The predicted octanol–water partition coefficient (Wildman–Crippen LogP) is 2.36. The molecule has 0 atom stereocenters. The number of nitrogens with one attached hydrogen (secondary N) is 3. The molecule has 9 nitrogen and oxygen atoms in total. The molecule has 0 unspecified atom stereocenters. The van der Waals surface area contributed by atoms with Crippen LogP contribution in [0.25, 0.3) is 0 Å². The van der Waals surface area contributed by atoms with Crippen molar-refractivity contribution in [1.29, 1.82) is 0 Å². The van der Waals surface area contributed by atoms with Crippen LogP contribution in [0.3, 0.4) is 0 Å². The van der Waals surface area contributed by atoms with Crippen molar-refractivity contribution >= 4 is 27.5 Å². The van der Waals surface area contributed by atoms with Gasteiger partial charge >= 0.3 is 0 Å². The average Bonchev–Trinajstić information content (AvgIpc) is 2.82. The first-order chi connectivity index (χ1) is 15.8. The van der Waals surface area contributed by atoms with Gasteiger partial charge in [-0.1, -0.05) is 6.07 Å². The van der Waals surface area contributed by atoms with Crippen LogP contribution in [0.15, 0.2) is 71.9 Å². The number of aryl methyl sites for hydroxylation is 1. The van der Waals surface area contributed by atoms with Crippen molar-refractivity contribution < 1.29 is 22.7 Å². The molecule has 3 N–H and O–H groups in total. The van der Waals surface area contributed by atoms with Crippen LogP contribution in [0.5, 0.6) is 5.75 Å². The molecule has 0 spiro atoms. The lowest BCUT2D eigenvalue weighted by molar-refractivity contribution is 0.0927. The third-order valence-corrected chi connectivity index (χ3v) is 6.11. The van der Waals surface area contributed by atoms with E-state index in [0.717, 1.165) is 0 Å². The maximum Gasteiger partial charge on any atom is 0.261 e. The van der Waals surface area contributed by atoms with Gasteiger partial charge in [0.15, 0.2) is 0 Å². The molecule has 2 aromatic carbocycles. The van der Waals surface area contributed by atoms with Gasteiger partial charge in [-0.15, -0.1) is 0 Å². The first-order valence-corrected chi connectivity index (χ1v) is 11.5. The molecule has 0 fully saturated rings. The van der Waals surface area contributed by atoms with Gasteiger partial charge in [-0.2, -0.15) is 0 Å². The van der Waals surface area contributed by atoms with E-state index in [1.807, 2.05) is 0 Å². The van der Waals surface area contributed by atoms with Gasteiger partial charge in [0, 0.05) is 36.7 Å². The number of amides is 2. The molecule has 3 rings (SSSR count). The molecule has 0 saturated carbocycles. The largest absolute Gasteiger partial charge is 0.497 e. The van der Waals surface area contributed by atoms with Gasteiger partial charge in [0.05, 0.1) is 17.6 Å². The Hall–Kier alpha value is -3.92. The van der Waals surface area contributed by atoms with Crippen molar-refractivity contribution in [2.45, 2.75) is 11.8 Å². The Kier molecular flexibility index (Phi) is 7.62. The van der Waals surface area contributed by atoms with E-state index in [2.05, 4.69) is 20.3 Å². The number of carbonyl (C=O) groups is 2. The average molecular weight is 469 g/mol. The third-order valence-electron chi connectivity index (χ3n) is 4.73. The minimum absolute atomic E-state index is 0.0426. The highest BCUT2D eigenvalue weighted by molar-refractivity contribution is 7.92. The third kappa shape index (κ3) is 6.30. The highest BCUT2D eigenvalue weighted by atomic mass is 32.2. The quantitative estimate of drug-likeness (QED) is 0.414. The number of nitrogens with zero attached hydrogens (tertiary/aromatic N) is 1. The fourth-order valence-electron chi connectivity index (χ4n) is 2.93. The molecular formula is C23H24N4O5S.